The Kier molecular flexibility index (Phi) is 4.85. The van der Waals surface area contributed by atoms with Gasteiger partial charge in [-0.15, -0.1) is 0 Å². The average molecular weight is 282 g/mol. The Morgan fingerprint density at radius 3 is 1.79 bits per heavy atom. The van der Waals surface area contributed by atoms with Crippen LogP contribution < -0.4 is 4.74 Å². The van der Waals surface area contributed by atoms with E-state index < -0.39 is 40.8 Å². The zero-order valence-electron chi connectivity index (χ0n) is 10.2. The van der Waals surface area contributed by atoms with Gasteiger partial charge in [0.05, 0.1) is 0 Å². The molecule has 0 N–H and O–H groups in total. The van der Waals surface area contributed by atoms with E-state index in [4.69, 9.17) is 0 Å². The molecule has 0 fully saturated rings. The smallest absolute Gasteiger partial charge is 0.311 e. The summed E-state index contributed by atoms with van der Waals surface area (Å²) in [6, 6.07) is 0. The Morgan fingerprint density at radius 2 is 1.37 bits per heavy atom. The van der Waals surface area contributed by atoms with Crippen molar-refractivity contribution in [1.82, 2.24) is 0 Å². The van der Waals surface area contributed by atoms with Crippen LogP contribution in [0.3, 0.4) is 0 Å². The lowest BCUT2D eigenvalue weighted by atomic mass is 10.1. The van der Waals surface area contributed by atoms with Gasteiger partial charge in [0.15, 0.2) is 0 Å². The lowest BCUT2D eigenvalue weighted by molar-refractivity contribution is -0.135. The lowest BCUT2D eigenvalue weighted by Gasteiger charge is -2.09. The molecule has 1 aromatic carbocycles. The number of halogens is 5. The van der Waals surface area contributed by atoms with Crippen LogP contribution in [0.15, 0.2) is 0 Å². The van der Waals surface area contributed by atoms with Crippen LogP contribution in [0.2, 0.25) is 0 Å². The van der Waals surface area contributed by atoms with E-state index in [0.29, 0.717) is 6.42 Å². The second kappa shape index (κ2) is 5.99. The van der Waals surface area contributed by atoms with Crippen molar-refractivity contribution in [1.29, 1.82) is 0 Å². The number of carbonyl (C=O) groups excluding carboxylic acids is 1. The molecule has 0 bridgehead atoms. The maximum atomic E-state index is 13.2. The number of carbonyl (C=O) groups is 1. The van der Waals surface area contributed by atoms with Crippen LogP contribution in [0.4, 0.5) is 22.0 Å². The lowest BCUT2D eigenvalue weighted by Crippen LogP contribution is -2.13. The van der Waals surface area contributed by atoms with Crippen molar-refractivity contribution in [2.45, 2.75) is 26.7 Å². The Balaban J connectivity index is 2.99. The van der Waals surface area contributed by atoms with Gasteiger partial charge in [0.25, 0.3) is 0 Å². The van der Waals surface area contributed by atoms with E-state index in [0.717, 1.165) is 0 Å². The molecule has 7 heteroatoms. The van der Waals surface area contributed by atoms with Gasteiger partial charge < -0.3 is 4.74 Å². The summed E-state index contributed by atoms with van der Waals surface area (Å²) < 4.78 is 68.9. The molecule has 0 aliphatic rings. The van der Waals surface area contributed by atoms with E-state index in [9.17, 15) is 26.7 Å². The highest BCUT2D eigenvalue weighted by Gasteiger charge is 2.28. The minimum atomic E-state index is -2.29. The van der Waals surface area contributed by atoms with Gasteiger partial charge in [-0.05, 0) is 12.3 Å². The summed E-state index contributed by atoms with van der Waals surface area (Å²) in [5.74, 6) is -13.4. The van der Waals surface area contributed by atoms with E-state index in [1.807, 2.05) is 0 Å². The minimum absolute atomic E-state index is 0.129. The summed E-state index contributed by atoms with van der Waals surface area (Å²) in [4.78, 5) is 11.2. The molecule has 0 aliphatic heterocycles. The number of hydrogen-bond donors (Lipinski definition) is 0. The highest BCUT2D eigenvalue weighted by Crippen LogP contribution is 2.29. The largest absolute Gasteiger partial charge is 0.420 e. The third kappa shape index (κ3) is 3.42. The van der Waals surface area contributed by atoms with E-state index in [2.05, 4.69) is 4.74 Å². The molecule has 0 spiro atoms. The molecular weight excluding hydrogens is 271 g/mol. The maximum Gasteiger partial charge on any atom is 0.311 e. The first kappa shape index (κ1) is 15.4. The fourth-order valence-electron chi connectivity index (χ4n) is 1.25. The minimum Gasteiger partial charge on any atom is -0.420 e. The summed E-state index contributed by atoms with van der Waals surface area (Å²) in [5, 5.41) is 0. The molecule has 0 radical (unpaired) electrons. The maximum absolute atomic E-state index is 13.2. The molecule has 0 amide bonds. The summed E-state index contributed by atoms with van der Waals surface area (Å²) in [6.45, 7) is 3.59. The zero-order valence-corrected chi connectivity index (χ0v) is 10.2. The van der Waals surface area contributed by atoms with Crippen LogP contribution in [0, 0.1) is 35.0 Å². The zero-order chi connectivity index (χ0) is 14.7. The third-order valence-corrected chi connectivity index (χ3v) is 2.31. The molecule has 0 heterocycles. The summed E-state index contributed by atoms with van der Waals surface area (Å²) in [6.07, 6.45) is 0.186. The molecule has 0 atom stereocenters. The van der Waals surface area contributed by atoms with Crippen LogP contribution in [0.5, 0.6) is 5.75 Å². The molecule has 0 aliphatic carbocycles. The first-order valence-electron chi connectivity index (χ1n) is 5.47. The quantitative estimate of drug-likeness (QED) is 0.276. The Hall–Kier alpha value is -1.66. The van der Waals surface area contributed by atoms with Crippen molar-refractivity contribution in [3.05, 3.63) is 29.1 Å². The van der Waals surface area contributed by atoms with Crippen LogP contribution in [0.1, 0.15) is 26.7 Å². The molecule has 0 saturated heterocycles. The molecule has 0 aromatic heterocycles. The van der Waals surface area contributed by atoms with Crippen molar-refractivity contribution in [3.8, 4) is 5.75 Å². The fourth-order valence-corrected chi connectivity index (χ4v) is 1.25. The van der Waals surface area contributed by atoms with Gasteiger partial charge in [0, 0.05) is 6.42 Å². The van der Waals surface area contributed by atoms with Crippen LogP contribution in [-0.2, 0) is 4.79 Å². The summed E-state index contributed by atoms with van der Waals surface area (Å²) >= 11 is 0. The van der Waals surface area contributed by atoms with E-state index >= 15 is 0 Å². The summed E-state index contributed by atoms with van der Waals surface area (Å²) in [5.41, 5.74) is 0. The van der Waals surface area contributed by atoms with Crippen molar-refractivity contribution in [2.24, 2.45) is 5.92 Å². The van der Waals surface area contributed by atoms with Gasteiger partial charge in [-0.25, -0.2) is 13.2 Å². The fraction of sp³-hybridized carbons (Fsp3) is 0.417. The number of rotatable bonds is 4. The second-order valence-corrected chi connectivity index (χ2v) is 4.31. The predicted octanol–water partition coefficient (Wildman–Crippen LogP) is 3.72. The highest BCUT2D eigenvalue weighted by atomic mass is 19.2. The Morgan fingerprint density at radius 1 is 0.947 bits per heavy atom. The van der Waals surface area contributed by atoms with Gasteiger partial charge in [-0.3, -0.25) is 4.79 Å². The van der Waals surface area contributed by atoms with Crippen LogP contribution in [0.25, 0.3) is 0 Å². The van der Waals surface area contributed by atoms with E-state index in [-0.39, 0.29) is 12.3 Å². The van der Waals surface area contributed by atoms with Crippen molar-refractivity contribution >= 4 is 5.97 Å². The number of ether oxygens (including phenoxy) is 1. The number of benzene rings is 1. The molecular formula is C12H11F5O2. The predicted molar refractivity (Wildman–Crippen MR) is 55.9 cm³/mol. The SMILES string of the molecule is CC(C)CCC(=O)Oc1c(F)c(F)c(F)c(F)c1F. The van der Waals surface area contributed by atoms with Gasteiger partial charge in [-0.2, -0.15) is 8.78 Å². The molecule has 19 heavy (non-hydrogen) atoms. The highest BCUT2D eigenvalue weighted by molar-refractivity contribution is 5.72. The van der Waals surface area contributed by atoms with Crippen LogP contribution >= 0.6 is 0 Å². The van der Waals surface area contributed by atoms with Gasteiger partial charge in [0.2, 0.25) is 34.8 Å². The van der Waals surface area contributed by atoms with Crippen molar-refractivity contribution < 1.29 is 31.5 Å². The van der Waals surface area contributed by atoms with Crippen molar-refractivity contribution in [3.63, 3.8) is 0 Å². The Bertz CT molecular complexity index is 470. The average Bonchev–Trinajstić information content (AvgIpc) is 2.36. The Labute approximate surface area is 106 Å². The first-order valence-corrected chi connectivity index (χ1v) is 5.47. The van der Waals surface area contributed by atoms with E-state index in [1.165, 1.54) is 0 Å². The number of hydrogen-bond acceptors (Lipinski definition) is 2. The standard InChI is InChI=1S/C12H11F5O2/c1-5(2)3-4-6(18)19-12-10(16)8(14)7(13)9(15)11(12)17/h5H,3-4H2,1-2H3. The molecule has 0 saturated carbocycles. The molecule has 1 aromatic rings. The first-order chi connectivity index (χ1) is 8.75. The summed E-state index contributed by atoms with van der Waals surface area (Å²) in [7, 11) is 0. The molecule has 1 rings (SSSR count). The molecule has 106 valence electrons. The van der Waals surface area contributed by atoms with Gasteiger partial charge in [-0.1, -0.05) is 13.8 Å². The molecule has 0 unspecified atom stereocenters. The van der Waals surface area contributed by atoms with Crippen molar-refractivity contribution in [2.75, 3.05) is 0 Å². The van der Waals surface area contributed by atoms with E-state index in [1.54, 1.807) is 13.8 Å². The second-order valence-electron chi connectivity index (χ2n) is 4.31. The third-order valence-electron chi connectivity index (χ3n) is 2.31. The van der Waals surface area contributed by atoms with Gasteiger partial charge in [0.1, 0.15) is 0 Å². The van der Waals surface area contributed by atoms with Gasteiger partial charge >= 0.3 is 5.97 Å². The topological polar surface area (TPSA) is 26.3 Å². The van der Waals surface area contributed by atoms with Crippen LogP contribution in [-0.4, -0.2) is 5.97 Å². The molecule has 2 nitrogen and oxygen atoms in total. The normalized spacial score (nSPS) is 10.9. The number of esters is 1. The monoisotopic (exact) mass is 282 g/mol.